The number of benzene rings is 2. The van der Waals surface area contributed by atoms with Crippen molar-refractivity contribution >= 4 is 17.7 Å². The van der Waals surface area contributed by atoms with Crippen LogP contribution in [0.3, 0.4) is 0 Å². The van der Waals surface area contributed by atoms with Gasteiger partial charge in [0.05, 0.1) is 30.0 Å². The summed E-state index contributed by atoms with van der Waals surface area (Å²) in [6.45, 7) is 1.95. The minimum absolute atomic E-state index is 0.0580. The Labute approximate surface area is 199 Å². The molecule has 1 unspecified atom stereocenters. The fourth-order valence-electron chi connectivity index (χ4n) is 4.74. The maximum Gasteiger partial charge on any atom is 0.417 e. The number of anilines is 1. The molecule has 2 amide bonds. The lowest BCUT2D eigenvalue weighted by atomic mass is 9.96. The summed E-state index contributed by atoms with van der Waals surface area (Å²) in [4.78, 5) is 25.1. The predicted molar refractivity (Wildman–Crippen MR) is 123 cm³/mol. The summed E-state index contributed by atoms with van der Waals surface area (Å²) >= 11 is 0. The van der Waals surface area contributed by atoms with Crippen molar-refractivity contribution in [2.45, 2.75) is 38.5 Å². The quantitative estimate of drug-likeness (QED) is 0.562. The van der Waals surface area contributed by atoms with Crippen molar-refractivity contribution in [3.05, 3.63) is 59.2 Å². The monoisotopic (exact) mass is 484 g/mol. The van der Waals surface area contributed by atoms with Crippen molar-refractivity contribution in [1.29, 1.82) is 0 Å². The van der Waals surface area contributed by atoms with Crippen LogP contribution in [0.15, 0.2) is 42.5 Å². The third-order valence-corrected chi connectivity index (χ3v) is 6.35. The summed E-state index contributed by atoms with van der Waals surface area (Å²) < 4.78 is 46.2. The number of fused-ring (bicyclic) bond motifs is 3. The molecule has 0 bridgehead atoms. The van der Waals surface area contributed by atoms with Gasteiger partial charge in [0.2, 0.25) is 5.91 Å². The first kappa shape index (κ1) is 22.9. The number of alkyl halides is 3. The van der Waals surface area contributed by atoms with Gasteiger partial charge in [-0.3, -0.25) is 14.8 Å². The zero-order valence-electron chi connectivity index (χ0n) is 18.9. The first-order chi connectivity index (χ1) is 16.7. The standard InChI is InChI=1S/C25H23F3N4O3/c1-14(33)29-12-17-13-32(24(34)35-17)16-9-10-18-15(11-16)5-4-7-20-22(18)30-31-23(20)19-6-2-3-8-21(19)25(26,27)28/h2-3,6,8-11,17H,4-5,7,12-13H2,1H3,(H,29,33)(H,30,31). The molecule has 1 aliphatic carbocycles. The molecule has 0 spiro atoms. The fourth-order valence-corrected chi connectivity index (χ4v) is 4.74. The van der Waals surface area contributed by atoms with Crippen LogP contribution in [0, 0.1) is 0 Å². The van der Waals surface area contributed by atoms with Gasteiger partial charge in [0.15, 0.2) is 0 Å². The SMILES string of the molecule is CC(=O)NCC1CN(c2ccc3c(c2)CCCc2c(-c4ccccc4C(F)(F)F)n[nH]c2-3)C(=O)O1. The molecule has 1 fully saturated rings. The second kappa shape index (κ2) is 8.75. The first-order valence-corrected chi connectivity index (χ1v) is 11.3. The Kier molecular flexibility index (Phi) is 5.74. The highest BCUT2D eigenvalue weighted by atomic mass is 19.4. The van der Waals surface area contributed by atoms with E-state index in [1.807, 2.05) is 12.1 Å². The number of aryl methyl sites for hydroxylation is 1. The average molecular weight is 484 g/mol. The minimum atomic E-state index is -4.48. The smallest absolute Gasteiger partial charge is 0.417 e. The van der Waals surface area contributed by atoms with Gasteiger partial charge in [-0.25, -0.2) is 4.79 Å². The number of aromatic amines is 1. The topological polar surface area (TPSA) is 87.3 Å². The Morgan fingerprint density at radius 1 is 1.20 bits per heavy atom. The highest BCUT2D eigenvalue weighted by molar-refractivity contribution is 5.91. The second-order valence-electron chi connectivity index (χ2n) is 8.72. The summed E-state index contributed by atoms with van der Waals surface area (Å²) in [5.74, 6) is -0.197. The largest absolute Gasteiger partial charge is 0.442 e. The minimum Gasteiger partial charge on any atom is -0.442 e. The van der Waals surface area contributed by atoms with E-state index in [0.717, 1.165) is 29.2 Å². The summed E-state index contributed by atoms with van der Waals surface area (Å²) in [6, 6.07) is 11.0. The lowest BCUT2D eigenvalue weighted by Crippen LogP contribution is -2.33. The van der Waals surface area contributed by atoms with Crippen LogP contribution in [0.4, 0.5) is 23.7 Å². The maximum atomic E-state index is 13.6. The van der Waals surface area contributed by atoms with Crippen LogP contribution in [0.2, 0.25) is 0 Å². The molecule has 1 atom stereocenters. The van der Waals surface area contributed by atoms with E-state index in [2.05, 4.69) is 15.5 Å². The van der Waals surface area contributed by atoms with E-state index in [1.165, 1.54) is 24.0 Å². The van der Waals surface area contributed by atoms with E-state index in [1.54, 1.807) is 12.1 Å². The van der Waals surface area contributed by atoms with E-state index >= 15 is 0 Å². The molecule has 1 aromatic heterocycles. The van der Waals surface area contributed by atoms with Gasteiger partial charge < -0.3 is 10.1 Å². The number of hydrogen-bond acceptors (Lipinski definition) is 4. The summed E-state index contributed by atoms with van der Waals surface area (Å²) in [7, 11) is 0. The lowest BCUT2D eigenvalue weighted by molar-refractivity contribution is -0.137. The highest BCUT2D eigenvalue weighted by Gasteiger charge is 2.36. The van der Waals surface area contributed by atoms with Crippen molar-refractivity contribution in [2.24, 2.45) is 0 Å². The van der Waals surface area contributed by atoms with Crippen molar-refractivity contribution in [3.8, 4) is 22.5 Å². The molecule has 1 aliphatic heterocycles. The van der Waals surface area contributed by atoms with Gasteiger partial charge in [0.25, 0.3) is 0 Å². The Bertz CT molecular complexity index is 1300. The van der Waals surface area contributed by atoms with E-state index < -0.39 is 23.9 Å². The molecule has 2 aromatic carbocycles. The molecule has 3 aromatic rings. The number of nitrogens with one attached hydrogen (secondary N) is 2. The number of carbonyl (C=O) groups excluding carboxylic acids is 2. The number of hydrogen-bond donors (Lipinski definition) is 2. The fraction of sp³-hybridized carbons (Fsp3) is 0.320. The molecule has 0 saturated carbocycles. The molecule has 35 heavy (non-hydrogen) atoms. The number of halogens is 3. The van der Waals surface area contributed by atoms with Crippen molar-refractivity contribution in [2.75, 3.05) is 18.0 Å². The Morgan fingerprint density at radius 2 is 2.00 bits per heavy atom. The van der Waals surface area contributed by atoms with E-state index in [-0.39, 0.29) is 18.0 Å². The second-order valence-corrected chi connectivity index (χ2v) is 8.72. The number of amides is 2. The summed E-state index contributed by atoms with van der Waals surface area (Å²) in [6.07, 6.45) is -3.42. The number of carbonyl (C=O) groups is 2. The van der Waals surface area contributed by atoms with Gasteiger partial charge in [0.1, 0.15) is 6.10 Å². The first-order valence-electron chi connectivity index (χ1n) is 11.3. The number of nitrogens with zero attached hydrogens (tertiary/aromatic N) is 2. The van der Waals surface area contributed by atoms with Crippen molar-refractivity contribution in [3.63, 3.8) is 0 Å². The number of cyclic esters (lactones) is 1. The summed E-state index contributed by atoms with van der Waals surface area (Å²) in [5.41, 5.74) is 3.61. The Balaban J connectivity index is 1.47. The summed E-state index contributed by atoms with van der Waals surface area (Å²) in [5, 5.41) is 9.92. The number of aromatic nitrogens is 2. The van der Waals surface area contributed by atoms with Gasteiger partial charge in [-0.05, 0) is 43.0 Å². The lowest BCUT2D eigenvalue weighted by Gasteiger charge is -2.16. The van der Waals surface area contributed by atoms with Crippen molar-refractivity contribution in [1.82, 2.24) is 15.5 Å². The molecule has 7 nitrogen and oxygen atoms in total. The van der Waals surface area contributed by atoms with Crippen LogP contribution in [-0.4, -0.2) is 41.4 Å². The number of rotatable bonds is 4. The third kappa shape index (κ3) is 4.36. The highest BCUT2D eigenvalue weighted by Crippen LogP contribution is 2.42. The third-order valence-electron chi connectivity index (χ3n) is 6.35. The Hall–Kier alpha value is -3.82. The molecule has 0 radical (unpaired) electrons. The van der Waals surface area contributed by atoms with Gasteiger partial charge in [0, 0.05) is 29.3 Å². The molecule has 10 heteroatoms. The Morgan fingerprint density at radius 3 is 2.77 bits per heavy atom. The van der Waals surface area contributed by atoms with Crippen LogP contribution < -0.4 is 10.2 Å². The molecular weight excluding hydrogens is 461 g/mol. The molecule has 2 aliphatic rings. The normalized spacial score (nSPS) is 17.4. The molecular formula is C25H23F3N4O3. The van der Waals surface area contributed by atoms with Gasteiger partial charge >= 0.3 is 12.3 Å². The van der Waals surface area contributed by atoms with Crippen LogP contribution in [-0.2, 0) is 28.5 Å². The number of ether oxygens (including phenoxy) is 1. The van der Waals surface area contributed by atoms with Crippen LogP contribution >= 0.6 is 0 Å². The van der Waals surface area contributed by atoms with Crippen LogP contribution in [0.5, 0.6) is 0 Å². The van der Waals surface area contributed by atoms with Crippen molar-refractivity contribution < 1.29 is 27.5 Å². The van der Waals surface area contributed by atoms with Crippen LogP contribution in [0.1, 0.15) is 30.0 Å². The van der Waals surface area contributed by atoms with E-state index in [0.29, 0.717) is 36.5 Å². The zero-order chi connectivity index (χ0) is 24.7. The van der Waals surface area contributed by atoms with Crippen LogP contribution in [0.25, 0.3) is 22.5 Å². The molecule has 182 valence electrons. The van der Waals surface area contributed by atoms with E-state index in [9.17, 15) is 22.8 Å². The molecule has 5 rings (SSSR count). The van der Waals surface area contributed by atoms with Gasteiger partial charge in [-0.15, -0.1) is 0 Å². The number of H-pyrrole nitrogens is 1. The zero-order valence-corrected chi connectivity index (χ0v) is 18.9. The molecule has 1 saturated heterocycles. The predicted octanol–water partition coefficient (Wildman–Crippen LogP) is 4.71. The molecule has 2 N–H and O–H groups in total. The maximum absolute atomic E-state index is 13.6. The van der Waals surface area contributed by atoms with E-state index in [4.69, 9.17) is 4.74 Å². The van der Waals surface area contributed by atoms with Gasteiger partial charge in [-0.1, -0.05) is 24.3 Å². The van der Waals surface area contributed by atoms with Gasteiger partial charge in [-0.2, -0.15) is 18.3 Å². The average Bonchev–Trinajstić information content (AvgIpc) is 3.35. The molecule has 2 heterocycles.